The molecule has 6 heteroatoms. The van der Waals surface area contributed by atoms with E-state index in [4.69, 9.17) is 4.42 Å². The third-order valence-electron chi connectivity index (χ3n) is 2.64. The fraction of sp³-hybridized carbons (Fsp3) is 0.231. The van der Waals surface area contributed by atoms with Gasteiger partial charge in [-0.3, -0.25) is 0 Å². The van der Waals surface area contributed by atoms with Gasteiger partial charge in [0.05, 0.1) is 17.9 Å². The average Bonchev–Trinajstić information content (AvgIpc) is 2.84. The van der Waals surface area contributed by atoms with Gasteiger partial charge in [0.25, 0.3) is 0 Å². The first-order valence-electron chi connectivity index (χ1n) is 5.54. The second kappa shape index (κ2) is 5.28. The van der Waals surface area contributed by atoms with Gasteiger partial charge in [-0.25, -0.2) is 0 Å². The van der Waals surface area contributed by atoms with Crippen LogP contribution in [0.1, 0.15) is 24.3 Å². The third-order valence-corrected chi connectivity index (χ3v) is 3.33. The molecule has 1 heterocycles. The molecule has 0 aliphatic rings. The van der Waals surface area contributed by atoms with E-state index in [1.807, 2.05) is 6.92 Å². The maximum atomic E-state index is 12.6. The molecule has 19 heavy (non-hydrogen) atoms. The molecule has 0 aliphatic carbocycles. The number of alkyl halides is 3. The van der Waals surface area contributed by atoms with E-state index in [0.29, 0.717) is 15.9 Å². The zero-order chi connectivity index (χ0) is 14.0. The van der Waals surface area contributed by atoms with Crippen LogP contribution < -0.4 is 5.32 Å². The Bertz CT molecular complexity index is 552. The van der Waals surface area contributed by atoms with Gasteiger partial charge in [0.15, 0.2) is 0 Å². The zero-order valence-electron chi connectivity index (χ0n) is 9.96. The van der Waals surface area contributed by atoms with E-state index in [2.05, 4.69) is 21.2 Å². The summed E-state index contributed by atoms with van der Waals surface area (Å²) in [6.45, 7) is 1.81. The Hall–Kier alpha value is -1.43. The van der Waals surface area contributed by atoms with Crippen molar-refractivity contribution in [2.75, 3.05) is 5.32 Å². The van der Waals surface area contributed by atoms with Crippen molar-refractivity contribution in [2.24, 2.45) is 0 Å². The van der Waals surface area contributed by atoms with Gasteiger partial charge in [-0.1, -0.05) is 0 Å². The molecular weight excluding hydrogens is 323 g/mol. The molecule has 0 saturated heterocycles. The lowest BCUT2D eigenvalue weighted by atomic mass is 10.1. The second-order valence-corrected chi connectivity index (χ2v) is 4.93. The molecular formula is C13H11BrF3NO. The standard InChI is InChI=1S/C13H11BrF3NO/c1-8(12-3-2-6-19-12)18-11-7-9(13(15,16)17)4-5-10(11)14/h2-8,18H,1H3. The summed E-state index contributed by atoms with van der Waals surface area (Å²) in [5, 5.41) is 2.98. The summed E-state index contributed by atoms with van der Waals surface area (Å²) in [6.07, 6.45) is -2.83. The maximum Gasteiger partial charge on any atom is 0.416 e. The zero-order valence-corrected chi connectivity index (χ0v) is 11.5. The largest absolute Gasteiger partial charge is 0.467 e. The van der Waals surface area contributed by atoms with Gasteiger partial charge >= 0.3 is 6.18 Å². The van der Waals surface area contributed by atoms with Crippen molar-refractivity contribution < 1.29 is 17.6 Å². The number of anilines is 1. The van der Waals surface area contributed by atoms with Gasteiger partial charge < -0.3 is 9.73 Å². The SMILES string of the molecule is CC(Nc1cc(C(F)(F)F)ccc1Br)c1ccco1. The molecule has 2 nitrogen and oxygen atoms in total. The van der Waals surface area contributed by atoms with Gasteiger partial charge in [-0.15, -0.1) is 0 Å². The number of furan rings is 1. The van der Waals surface area contributed by atoms with E-state index in [0.717, 1.165) is 12.1 Å². The molecule has 0 radical (unpaired) electrons. The summed E-state index contributed by atoms with van der Waals surface area (Å²) >= 11 is 3.23. The predicted molar refractivity (Wildman–Crippen MR) is 69.9 cm³/mol. The van der Waals surface area contributed by atoms with Crippen LogP contribution in [0.4, 0.5) is 18.9 Å². The van der Waals surface area contributed by atoms with Crippen molar-refractivity contribution in [3.8, 4) is 0 Å². The fourth-order valence-corrected chi connectivity index (χ4v) is 2.02. The molecule has 1 atom stereocenters. The van der Waals surface area contributed by atoms with Gasteiger partial charge in [0.2, 0.25) is 0 Å². The molecule has 1 N–H and O–H groups in total. The number of rotatable bonds is 3. The van der Waals surface area contributed by atoms with Gasteiger partial charge in [-0.05, 0) is 53.2 Å². The van der Waals surface area contributed by atoms with E-state index >= 15 is 0 Å². The number of hydrogen-bond acceptors (Lipinski definition) is 2. The quantitative estimate of drug-likeness (QED) is 0.831. The van der Waals surface area contributed by atoms with Crippen molar-refractivity contribution in [3.05, 3.63) is 52.4 Å². The second-order valence-electron chi connectivity index (χ2n) is 4.07. The average molecular weight is 334 g/mol. The lowest BCUT2D eigenvalue weighted by Gasteiger charge is -2.16. The van der Waals surface area contributed by atoms with Crippen molar-refractivity contribution in [1.82, 2.24) is 0 Å². The van der Waals surface area contributed by atoms with Gasteiger partial charge in [-0.2, -0.15) is 13.2 Å². The lowest BCUT2D eigenvalue weighted by Crippen LogP contribution is -2.09. The smallest absolute Gasteiger partial charge is 0.416 e. The predicted octanol–water partition coefficient (Wildman–Crippen LogP) is 5.23. The summed E-state index contributed by atoms with van der Waals surface area (Å²) in [4.78, 5) is 0. The van der Waals surface area contributed by atoms with Crippen molar-refractivity contribution in [3.63, 3.8) is 0 Å². The Balaban J connectivity index is 2.25. The van der Waals surface area contributed by atoms with Crippen LogP contribution in [0.5, 0.6) is 0 Å². The summed E-state index contributed by atoms with van der Waals surface area (Å²) in [6, 6.07) is 6.75. The Morgan fingerprint density at radius 3 is 2.58 bits per heavy atom. The highest BCUT2D eigenvalue weighted by Gasteiger charge is 2.31. The summed E-state index contributed by atoms with van der Waals surface area (Å²) in [5.41, 5.74) is -0.316. The molecule has 1 aromatic heterocycles. The minimum atomic E-state index is -4.36. The van der Waals surface area contributed by atoms with Crippen LogP contribution in [0.2, 0.25) is 0 Å². The topological polar surface area (TPSA) is 25.2 Å². The molecule has 0 spiro atoms. The first-order chi connectivity index (χ1) is 8.88. The lowest BCUT2D eigenvalue weighted by molar-refractivity contribution is -0.137. The van der Waals surface area contributed by atoms with Gasteiger partial charge in [0, 0.05) is 10.2 Å². The summed E-state index contributed by atoms with van der Waals surface area (Å²) in [5.74, 6) is 0.657. The highest BCUT2D eigenvalue weighted by Crippen LogP contribution is 2.35. The normalized spacial score (nSPS) is 13.3. The molecule has 0 bridgehead atoms. The monoisotopic (exact) mass is 333 g/mol. The summed E-state index contributed by atoms with van der Waals surface area (Å²) < 4.78 is 43.7. The third kappa shape index (κ3) is 3.32. The Kier molecular flexibility index (Phi) is 3.89. The summed E-state index contributed by atoms with van der Waals surface area (Å²) in [7, 11) is 0. The van der Waals surface area contributed by atoms with E-state index < -0.39 is 11.7 Å². The number of nitrogens with one attached hydrogen (secondary N) is 1. The van der Waals surface area contributed by atoms with Crippen molar-refractivity contribution >= 4 is 21.6 Å². The highest BCUT2D eigenvalue weighted by atomic mass is 79.9. The first kappa shape index (κ1) is 14.0. The molecule has 2 rings (SSSR count). The van der Waals surface area contributed by atoms with E-state index in [-0.39, 0.29) is 6.04 Å². The molecule has 1 unspecified atom stereocenters. The van der Waals surface area contributed by atoms with E-state index in [9.17, 15) is 13.2 Å². The number of halogens is 4. The van der Waals surface area contributed by atoms with Crippen LogP contribution in [0, 0.1) is 0 Å². The molecule has 1 aromatic carbocycles. The Morgan fingerprint density at radius 1 is 1.26 bits per heavy atom. The fourth-order valence-electron chi connectivity index (χ4n) is 1.65. The van der Waals surface area contributed by atoms with Crippen LogP contribution in [0.15, 0.2) is 45.5 Å². The van der Waals surface area contributed by atoms with Crippen LogP contribution in [-0.2, 0) is 6.18 Å². The number of hydrogen-bond donors (Lipinski definition) is 1. The van der Waals surface area contributed by atoms with Crippen molar-refractivity contribution in [1.29, 1.82) is 0 Å². The first-order valence-corrected chi connectivity index (χ1v) is 6.34. The van der Waals surface area contributed by atoms with Crippen molar-refractivity contribution in [2.45, 2.75) is 19.1 Å². The van der Waals surface area contributed by atoms with E-state index in [1.54, 1.807) is 12.1 Å². The molecule has 0 saturated carbocycles. The minimum Gasteiger partial charge on any atom is -0.467 e. The highest BCUT2D eigenvalue weighted by molar-refractivity contribution is 9.10. The molecule has 102 valence electrons. The molecule has 0 amide bonds. The molecule has 0 fully saturated rings. The van der Waals surface area contributed by atoms with Crippen LogP contribution in [-0.4, -0.2) is 0 Å². The van der Waals surface area contributed by atoms with E-state index in [1.165, 1.54) is 12.3 Å². The Morgan fingerprint density at radius 2 is 2.00 bits per heavy atom. The molecule has 0 aliphatic heterocycles. The number of benzene rings is 1. The van der Waals surface area contributed by atoms with Crippen LogP contribution in [0.3, 0.4) is 0 Å². The van der Waals surface area contributed by atoms with Crippen LogP contribution >= 0.6 is 15.9 Å². The van der Waals surface area contributed by atoms with Crippen LogP contribution in [0.25, 0.3) is 0 Å². The Labute approximate surface area is 116 Å². The molecule has 2 aromatic rings. The minimum absolute atomic E-state index is 0.227. The van der Waals surface area contributed by atoms with Gasteiger partial charge in [0.1, 0.15) is 5.76 Å². The maximum absolute atomic E-state index is 12.6.